The Bertz CT molecular complexity index is 913. The summed E-state index contributed by atoms with van der Waals surface area (Å²) in [6.45, 7) is 2.61. The minimum Gasteiger partial charge on any atom is -0.302 e. The lowest BCUT2D eigenvalue weighted by Crippen LogP contribution is -2.14. The number of nitrogens with one attached hydrogen (secondary N) is 1. The van der Waals surface area contributed by atoms with Crippen molar-refractivity contribution in [2.24, 2.45) is 5.92 Å². The van der Waals surface area contributed by atoms with E-state index in [0.717, 1.165) is 29.0 Å². The summed E-state index contributed by atoms with van der Waals surface area (Å²) < 4.78 is 0. The quantitative estimate of drug-likeness (QED) is 0.696. The fraction of sp³-hybridized carbons (Fsp3) is 0.421. The molecule has 0 spiro atoms. The number of carbonyl (C=O) groups is 1. The van der Waals surface area contributed by atoms with E-state index in [9.17, 15) is 4.79 Å². The number of aryl methyl sites for hydroxylation is 1. The van der Waals surface area contributed by atoms with Gasteiger partial charge in [0.2, 0.25) is 11.7 Å². The lowest BCUT2D eigenvalue weighted by Gasteiger charge is -2.07. The number of benzene rings is 1. The normalized spacial score (nSPS) is 14.6. The van der Waals surface area contributed by atoms with Gasteiger partial charge in [0.05, 0.1) is 12.2 Å². The molecule has 1 amide bonds. The zero-order valence-corrected chi connectivity index (χ0v) is 16.1. The van der Waals surface area contributed by atoms with Crippen LogP contribution in [0.4, 0.5) is 5.13 Å². The SMILES string of the molecule is CCn1nnc(-c2sc(NC(=O)CC3CCCC3)nc2-c2ccccc2)n1. The lowest BCUT2D eigenvalue weighted by atomic mass is 10.0. The van der Waals surface area contributed by atoms with Crippen LogP contribution in [0.2, 0.25) is 0 Å². The molecule has 4 rings (SSSR count). The third-order valence-electron chi connectivity index (χ3n) is 4.81. The van der Waals surface area contributed by atoms with Crippen molar-refractivity contribution in [3.63, 3.8) is 0 Å². The first-order chi connectivity index (χ1) is 13.2. The smallest absolute Gasteiger partial charge is 0.226 e. The molecule has 0 unspecified atom stereocenters. The Balaban J connectivity index is 1.62. The van der Waals surface area contributed by atoms with Crippen LogP contribution in [0.3, 0.4) is 0 Å². The summed E-state index contributed by atoms with van der Waals surface area (Å²) in [7, 11) is 0. The number of tetrazole rings is 1. The second kappa shape index (κ2) is 7.96. The first-order valence-electron chi connectivity index (χ1n) is 9.37. The first kappa shape index (κ1) is 17.8. The van der Waals surface area contributed by atoms with Gasteiger partial charge in [-0.2, -0.15) is 4.80 Å². The van der Waals surface area contributed by atoms with Crippen molar-refractivity contribution >= 4 is 22.4 Å². The number of amides is 1. The third-order valence-corrected chi connectivity index (χ3v) is 5.78. The summed E-state index contributed by atoms with van der Waals surface area (Å²) in [5.74, 6) is 1.07. The molecule has 2 aromatic heterocycles. The van der Waals surface area contributed by atoms with Crippen molar-refractivity contribution in [2.45, 2.75) is 45.6 Å². The molecule has 3 aromatic rings. The van der Waals surface area contributed by atoms with E-state index in [1.807, 2.05) is 37.3 Å². The molecule has 1 saturated carbocycles. The summed E-state index contributed by atoms with van der Waals surface area (Å²) in [5.41, 5.74) is 1.74. The average molecular weight is 382 g/mol. The number of hydrogen-bond acceptors (Lipinski definition) is 6. The van der Waals surface area contributed by atoms with Gasteiger partial charge in [0.15, 0.2) is 5.13 Å². The van der Waals surface area contributed by atoms with Crippen molar-refractivity contribution in [3.05, 3.63) is 30.3 Å². The highest BCUT2D eigenvalue weighted by molar-refractivity contribution is 7.19. The summed E-state index contributed by atoms with van der Waals surface area (Å²) >= 11 is 1.40. The molecule has 0 radical (unpaired) electrons. The van der Waals surface area contributed by atoms with Crippen LogP contribution in [0, 0.1) is 5.92 Å². The van der Waals surface area contributed by atoms with E-state index in [0.29, 0.717) is 29.8 Å². The minimum absolute atomic E-state index is 0.0342. The summed E-state index contributed by atoms with van der Waals surface area (Å²) in [6, 6.07) is 9.88. The molecule has 1 aliphatic carbocycles. The molecule has 8 heteroatoms. The molecule has 1 aliphatic rings. The number of aromatic nitrogens is 5. The van der Waals surface area contributed by atoms with Crippen LogP contribution in [0.25, 0.3) is 22.0 Å². The van der Waals surface area contributed by atoms with E-state index in [-0.39, 0.29) is 5.91 Å². The highest BCUT2D eigenvalue weighted by Gasteiger charge is 2.22. The number of thiazole rings is 1. The Morgan fingerprint density at radius 2 is 2.04 bits per heavy atom. The van der Waals surface area contributed by atoms with Crippen molar-refractivity contribution in [3.8, 4) is 22.0 Å². The Morgan fingerprint density at radius 3 is 2.74 bits per heavy atom. The second-order valence-corrected chi connectivity index (χ2v) is 7.77. The number of anilines is 1. The van der Waals surface area contributed by atoms with Gasteiger partial charge in [0.1, 0.15) is 4.88 Å². The topological polar surface area (TPSA) is 85.6 Å². The van der Waals surface area contributed by atoms with Gasteiger partial charge in [-0.3, -0.25) is 4.79 Å². The highest BCUT2D eigenvalue weighted by Crippen LogP contribution is 2.37. The molecule has 2 heterocycles. The van der Waals surface area contributed by atoms with E-state index >= 15 is 0 Å². The summed E-state index contributed by atoms with van der Waals surface area (Å²) in [5, 5.41) is 16.2. The van der Waals surface area contributed by atoms with Crippen molar-refractivity contribution in [2.75, 3.05) is 5.32 Å². The summed E-state index contributed by atoms with van der Waals surface area (Å²) in [6.07, 6.45) is 5.33. The van der Waals surface area contributed by atoms with E-state index in [2.05, 4.69) is 25.7 Å². The van der Waals surface area contributed by atoms with Crippen LogP contribution in [0.1, 0.15) is 39.0 Å². The van der Waals surface area contributed by atoms with E-state index in [1.165, 1.54) is 24.2 Å². The zero-order valence-electron chi connectivity index (χ0n) is 15.3. The zero-order chi connectivity index (χ0) is 18.6. The van der Waals surface area contributed by atoms with Crippen LogP contribution in [-0.2, 0) is 11.3 Å². The van der Waals surface area contributed by atoms with E-state index < -0.39 is 0 Å². The van der Waals surface area contributed by atoms with Crippen molar-refractivity contribution < 1.29 is 4.79 Å². The van der Waals surface area contributed by atoms with Gasteiger partial charge in [0.25, 0.3) is 0 Å². The van der Waals surface area contributed by atoms with Crippen LogP contribution < -0.4 is 5.32 Å². The highest BCUT2D eigenvalue weighted by atomic mass is 32.1. The predicted octanol–water partition coefficient (Wildman–Crippen LogP) is 4.00. The van der Waals surface area contributed by atoms with Gasteiger partial charge in [-0.05, 0) is 30.9 Å². The van der Waals surface area contributed by atoms with Crippen LogP contribution in [0.15, 0.2) is 30.3 Å². The number of carbonyl (C=O) groups excluding carboxylic acids is 1. The molecule has 1 N–H and O–H groups in total. The maximum absolute atomic E-state index is 12.4. The monoisotopic (exact) mass is 382 g/mol. The molecule has 0 atom stereocenters. The van der Waals surface area contributed by atoms with Gasteiger partial charge in [-0.15, -0.1) is 10.2 Å². The van der Waals surface area contributed by atoms with E-state index in [4.69, 9.17) is 0 Å². The Hall–Kier alpha value is -2.61. The minimum atomic E-state index is 0.0342. The Kier molecular flexibility index (Phi) is 5.24. The molecular weight excluding hydrogens is 360 g/mol. The first-order valence-corrected chi connectivity index (χ1v) is 10.2. The lowest BCUT2D eigenvalue weighted by molar-refractivity contribution is -0.117. The maximum Gasteiger partial charge on any atom is 0.226 e. The third kappa shape index (κ3) is 4.05. The molecule has 140 valence electrons. The largest absolute Gasteiger partial charge is 0.302 e. The number of nitrogens with zero attached hydrogens (tertiary/aromatic N) is 5. The van der Waals surface area contributed by atoms with Crippen LogP contribution in [-0.4, -0.2) is 31.1 Å². The fourth-order valence-electron chi connectivity index (χ4n) is 3.43. The molecule has 27 heavy (non-hydrogen) atoms. The average Bonchev–Trinajstić information content (AvgIpc) is 3.42. The van der Waals surface area contributed by atoms with Gasteiger partial charge >= 0.3 is 0 Å². The summed E-state index contributed by atoms with van der Waals surface area (Å²) in [4.78, 5) is 19.5. The number of hydrogen-bond donors (Lipinski definition) is 1. The number of rotatable bonds is 6. The molecule has 0 saturated heterocycles. The van der Waals surface area contributed by atoms with Crippen LogP contribution in [0.5, 0.6) is 0 Å². The molecular formula is C19H22N6OS. The standard InChI is InChI=1S/C19H22N6OS/c1-2-25-23-18(22-24-25)17-16(14-10-4-3-5-11-14)21-19(27-17)20-15(26)12-13-8-6-7-9-13/h3-5,10-11,13H,2,6-9,12H2,1H3,(H,20,21,26). The second-order valence-electron chi connectivity index (χ2n) is 6.77. The molecule has 1 fully saturated rings. The molecule has 7 nitrogen and oxygen atoms in total. The van der Waals surface area contributed by atoms with Gasteiger partial charge in [0, 0.05) is 12.0 Å². The molecule has 1 aromatic carbocycles. The Morgan fingerprint density at radius 1 is 1.26 bits per heavy atom. The molecule has 0 aliphatic heterocycles. The molecule has 0 bridgehead atoms. The Labute approximate surface area is 161 Å². The maximum atomic E-state index is 12.4. The van der Waals surface area contributed by atoms with Crippen LogP contribution >= 0.6 is 11.3 Å². The van der Waals surface area contributed by atoms with Gasteiger partial charge in [-0.1, -0.05) is 54.5 Å². The van der Waals surface area contributed by atoms with Crippen molar-refractivity contribution in [1.82, 2.24) is 25.2 Å². The van der Waals surface area contributed by atoms with Crippen molar-refractivity contribution in [1.29, 1.82) is 0 Å². The van der Waals surface area contributed by atoms with Gasteiger partial charge < -0.3 is 5.32 Å². The fourth-order valence-corrected chi connectivity index (χ4v) is 4.36. The van der Waals surface area contributed by atoms with Gasteiger partial charge in [-0.25, -0.2) is 4.98 Å². The van der Waals surface area contributed by atoms with E-state index in [1.54, 1.807) is 4.80 Å². The predicted molar refractivity (Wildman–Crippen MR) is 105 cm³/mol.